The fourth-order valence-electron chi connectivity index (χ4n) is 1.89. The van der Waals surface area contributed by atoms with E-state index in [2.05, 4.69) is 0 Å². The summed E-state index contributed by atoms with van der Waals surface area (Å²) in [4.78, 5) is 24.6. The number of nitrogens with zero attached hydrogens (tertiary/aromatic N) is 1. The largest absolute Gasteiger partial charge is 0.330 e. The van der Waals surface area contributed by atoms with E-state index in [0.717, 1.165) is 0 Å². The smallest absolute Gasteiger partial charge is 0.229 e. The number of carbonyl (C=O) groups is 2. The Balaban J connectivity index is 2.81. The van der Waals surface area contributed by atoms with Crippen molar-refractivity contribution in [2.24, 2.45) is 5.73 Å². The minimum Gasteiger partial charge on any atom is -0.330 e. The summed E-state index contributed by atoms with van der Waals surface area (Å²) in [5, 5.41) is 0. The van der Waals surface area contributed by atoms with E-state index in [-0.39, 0.29) is 11.8 Å². The highest BCUT2D eigenvalue weighted by molar-refractivity contribution is 5.98. The van der Waals surface area contributed by atoms with Gasteiger partial charge in [0.1, 0.15) is 0 Å². The molecule has 0 aromatic heterocycles. The maximum Gasteiger partial charge on any atom is 0.229 e. The Bertz CT molecular complexity index is 233. The molecule has 0 aromatic carbocycles. The predicted octanol–water partition coefficient (Wildman–Crippen LogP) is 0.653. The molecule has 1 saturated heterocycles. The quantitative estimate of drug-likeness (QED) is 0.677. The third-order valence-corrected chi connectivity index (χ3v) is 2.64. The molecule has 0 aromatic rings. The van der Waals surface area contributed by atoms with Crippen LogP contribution in [0.15, 0.2) is 0 Å². The molecule has 0 saturated carbocycles. The summed E-state index contributed by atoms with van der Waals surface area (Å²) in [5.41, 5.74) is 5.04. The third kappa shape index (κ3) is 2.12. The first kappa shape index (κ1) is 11.2. The summed E-state index contributed by atoms with van der Waals surface area (Å²) in [5.74, 6) is -0.112. The van der Waals surface area contributed by atoms with Crippen LogP contribution in [0, 0.1) is 0 Å². The molecule has 14 heavy (non-hydrogen) atoms. The topological polar surface area (TPSA) is 63.4 Å². The Morgan fingerprint density at radius 3 is 2.21 bits per heavy atom. The Labute approximate surface area is 84.4 Å². The molecule has 0 spiro atoms. The van der Waals surface area contributed by atoms with E-state index in [1.807, 2.05) is 13.8 Å². The Morgan fingerprint density at radius 2 is 1.79 bits per heavy atom. The molecule has 80 valence electrons. The number of hydrogen-bond donors (Lipinski definition) is 1. The van der Waals surface area contributed by atoms with Crippen LogP contribution in [0.25, 0.3) is 0 Å². The van der Waals surface area contributed by atoms with Gasteiger partial charge in [0, 0.05) is 18.4 Å². The van der Waals surface area contributed by atoms with Gasteiger partial charge >= 0.3 is 0 Å². The molecule has 1 fully saturated rings. The second kappa shape index (κ2) is 4.09. The molecular formula is C10H18N2O2. The normalized spacial score (nSPS) is 18.9. The molecule has 4 nitrogen and oxygen atoms in total. The highest BCUT2D eigenvalue weighted by Crippen LogP contribution is 2.24. The van der Waals surface area contributed by atoms with E-state index in [9.17, 15) is 9.59 Å². The number of carbonyl (C=O) groups excluding carboxylic acids is 2. The average Bonchev–Trinajstić information content (AvgIpc) is 2.02. The molecule has 0 aliphatic carbocycles. The number of likely N-dealkylation sites (tertiary alicyclic amines) is 1. The highest BCUT2D eigenvalue weighted by Gasteiger charge is 2.37. The Kier molecular flexibility index (Phi) is 3.26. The van der Waals surface area contributed by atoms with Gasteiger partial charge in [-0.15, -0.1) is 0 Å². The maximum absolute atomic E-state index is 11.6. The molecule has 4 heteroatoms. The molecule has 0 bridgehead atoms. The molecule has 2 amide bonds. The Hall–Kier alpha value is -0.900. The first-order valence-electron chi connectivity index (χ1n) is 5.05. The fourth-order valence-corrected chi connectivity index (χ4v) is 1.89. The van der Waals surface area contributed by atoms with Gasteiger partial charge in [-0.05, 0) is 33.2 Å². The minimum absolute atomic E-state index is 0.0558. The Morgan fingerprint density at radius 1 is 1.29 bits per heavy atom. The molecule has 0 radical (unpaired) electrons. The van der Waals surface area contributed by atoms with Crippen LogP contribution in [0.5, 0.6) is 0 Å². The molecule has 1 rings (SSSR count). The van der Waals surface area contributed by atoms with E-state index < -0.39 is 5.54 Å². The zero-order valence-corrected chi connectivity index (χ0v) is 8.88. The van der Waals surface area contributed by atoms with Crippen LogP contribution in [-0.2, 0) is 9.59 Å². The summed E-state index contributed by atoms with van der Waals surface area (Å²) in [6.07, 6.45) is 2.32. The van der Waals surface area contributed by atoms with E-state index in [0.29, 0.717) is 32.2 Å². The predicted molar refractivity (Wildman–Crippen MR) is 53.5 cm³/mol. The lowest BCUT2D eigenvalue weighted by atomic mass is 9.94. The van der Waals surface area contributed by atoms with Crippen molar-refractivity contribution in [3.05, 3.63) is 0 Å². The summed E-state index contributed by atoms with van der Waals surface area (Å²) in [6.45, 7) is 4.27. The summed E-state index contributed by atoms with van der Waals surface area (Å²) < 4.78 is 0. The van der Waals surface area contributed by atoms with E-state index in [1.165, 1.54) is 4.90 Å². The SMILES string of the molecule is CC(C)(CCN)N1C(=O)CCCC1=O. The van der Waals surface area contributed by atoms with Gasteiger partial charge in [0.25, 0.3) is 0 Å². The standard InChI is InChI=1S/C10H18N2O2/c1-10(2,6-7-11)12-8(13)4-3-5-9(12)14/h3-7,11H2,1-2H3. The van der Waals surface area contributed by atoms with Crippen molar-refractivity contribution >= 4 is 11.8 Å². The van der Waals surface area contributed by atoms with Crippen molar-refractivity contribution in [3.63, 3.8) is 0 Å². The van der Waals surface area contributed by atoms with Gasteiger partial charge in [0.05, 0.1) is 0 Å². The molecule has 0 unspecified atom stereocenters. The van der Waals surface area contributed by atoms with E-state index in [1.54, 1.807) is 0 Å². The van der Waals surface area contributed by atoms with Gasteiger partial charge in [-0.1, -0.05) is 0 Å². The van der Waals surface area contributed by atoms with Crippen molar-refractivity contribution in [1.82, 2.24) is 4.90 Å². The zero-order valence-electron chi connectivity index (χ0n) is 8.88. The third-order valence-electron chi connectivity index (χ3n) is 2.64. The number of piperidine rings is 1. The summed E-state index contributed by atoms with van der Waals surface area (Å²) in [6, 6.07) is 0. The van der Waals surface area contributed by atoms with Crippen LogP contribution >= 0.6 is 0 Å². The summed E-state index contributed by atoms with van der Waals surface area (Å²) >= 11 is 0. The van der Waals surface area contributed by atoms with Crippen molar-refractivity contribution in [1.29, 1.82) is 0 Å². The van der Waals surface area contributed by atoms with Gasteiger partial charge < -0.3 is 5.73 Å². The lowest BCUT2D eigenvalue weighted by molar-refractivity contribution is -0.154. The van der Waals surface area contributed by atoms with Gasteiger partial charge in [-0.2, -0.15) is 0 Å². The molecule has 0 atom stereocenters. The second-order valence-electron chi connectivity index (χ2n) is 4.33. The van der Waals surface area contributed by atoms with Gasteiger partial charge in [-0.25, -0.2) is 0 Å². The van der Waals surface area contributed by atoms with Crippen LogP contribution < -0.4 is 5.73 Å². The van der Waals surface area contributed by atoms with Crippen molar-refractivity contribution in [2.75, 3.05) is 6.54 Å². The van der Waals surface area contributed by atoms with Crippen LogP contribution in [0.3, 0.4) is 0 Å². The molecule has 1 aliphatic heterocycles. The first-order valence-corrected chi connectivity index (χ1v) is 5.05. The van der Waals surface area contributed by atoms with Crippen molar-refractivity contribution in [3.8, 4) is 0 Å². The van der Waals surface area contributed by atoms with Crippen LogP contribution in [0.1, 0.15) is 39.5 Å². The first-order chi connectivity index (χ1) is 6.49. The van der Waals surface area contributed by atoms with Crippen LogP contribution in [0.4, 0.5) is 0 Å². The number of amides is 2. The van der Waals surface area contributed by atoms with Crippen LogP contribution in [0.2, 0.25) is 0 Å². The number of nitrogens with two attached hydrogens (primary N) is 1. The van der Waals surface area contributed by atoms with Gasteiger partial charge in [-0.3, -0.25) is 14.5 Å². The zero-order chi connectivity index (χ0) is 10.8. The van der Waals surface area contributed by atoms with E-state index in [4.69, 9.17) is 5.73 Å². The van der Waals surface area contributed by atoms with Crippen molar-refractivity contribution < 1.29 is 9.59 Å². The molecular weight excluding hydrogens is 180 g/mol. The maximum atomic E-state index is 11.6. The van der Waals surface area contributed by atoms with Crippen LogP contribution in [-0.4, -0.2) is 28.8 Å². The minimum atomic E-state index is -0.427. The molecule has 1 aliphatic rings. The molecule has 1 heterocycles. The average molecular weight is 198 g/mol. The van der Waals surface area contributed by atoms with E-state index >= 15 is 0 Å². The monoisotopic (exact) mass is 198 g/mol. The van der Waals surface area contributed by atoms with Gasteiger partial charge in [0.2, 0.25) is 11.8 Å². The second-order valence-corrected chi connectivity index (χ2v) is 4.33. The number of imide groups is 1. The summed E-state index contributed by atoms with van der Waals surface area (Å²) in [7, 11) is 0. The number of hydrogen-bond acceptors (Lipinski definition) is 3. The van der Waals surface area contributed by atoms with Crippen molar-refractivity contribution in [2.45, 2.75) is 45.1 Å². The number of rotatable bonds is 3. The fraction of sp³-hybridized carbons (Fsp3) is 0.800. The molecule has 2 N–H and O–H groups in total. The lowest BCUT2D eigenvalue weighted by Crippen LogP contribution is -2.53. The lowest BCUT2D eigenvalue weighted by Gasteiger charge is -2.39. The van der Waals surface area contributed by atoms with Gasteiger partial charge in [0.15, 0.2) is 0 Å². The highest BCUT2D eigenvalue weighted by atomic mass is 16.2.